The summed E-state index contributed by atoms with van der Waals surface area (Å²) >= 11 is 1.53. The van der Waals surface area contributed by atoms with Crippen LogP contribution in [0.15, 0.2) is 18.2 Å². The summed E-state index contributed by atoms with van der Waals surface area (Å²) in [6.07, 6.45) is 0.182. The molecule has 6 nitrogen and oxygen atoms in total. The predicted molar refractivity (Wildman–Crippen MR) is 85.4 cm³/mol. The minimum absolute atomic E-state index is 0.182. The lowest BCUT2D eigenvalue weighted by Gasteiger charge is -2.22. The second-order valence-corrected chi connectivity index (χ2v) is 6.23. The Labute approximate surface area is 132 Å². The van der Waals surface area contributed by atoms with Crippen molar-refractivity contribution in [2.24, 2.45) is 0 Å². The van der Waals surface area contributed by atoms with Crippen LogP contribution in [0.4, 0.5) is 5.69 Å². The van der Waals surface area contributed by atoms with E-state index in [2.05, 4.69) is 10.3 Å². The molecule has 0 aliphatic rings. The summed E-state index contributed by atoms with van der Waals surface area (Å²) in [5.74, 6) is -1.38. The molecule has 0 saturated carbocycles. The molecule has 0 saturated heterocycles. The maximum Gasteiger partial charge on any atom is 0.313 e. The lowest BCUT2D eigenvalue weighted by molar-refractivity contribution is -0.143. The number of likely N-dealkylation sites (N-methyl/N-ethyl adjacent to an activating group) is 1. The maximum atomic E-state index is 12.0. The van der Waals surface area contributed by atoms with E-state index >= 15 is 0 Å². The van der Waals surface area contributed by atoms with Gasteiger partial charge in [0.25, 0.3) is 0 Å². The number of benzene rings is 1. The van der Waals surface area contributed by atoms with Crippen LogP contribution in [0.2, 0.25) is 0 Å². The van der Waals surface area contributed by atoms with Crippen LogP contribution >= 0.6 is 11.3 Å². The highest BCUT2D eigenvalue weighted by molar-refractivity contribution is 7.18. The number of aryl methyl sites for hydroxylation is 1. The number of carbonyl (C=O) groups excluding carboxylic acids is 2. The Kier molecular flexibility index (Phi) is 4.73. The van der Waals surface area contributed by atoms with Gasteiger partial charge in [-0.3, -0.25) is 9.59 Å². The SMILES string of the molecule is Cc1nc2ccc(NC(=O)C(=O)N(C)[C@@H](C)CC#N)cc2s1. The number of fused-ring (bicyclic) bond motifs is 1. The van der Waals surface area contributed by atoms with Gasteiger partial charge in [0.2, 0.25) is 0 Å². The number of nitrogens with zero attached hydrogens (tertiary/aromatic N) is 3. The van der Waals surface area contributed by atoms with E-state index in [1.807, 2.05) is 13.0 Å². The van der Waals surface area contributed by atoms with Crippen LogP contribution in [-0.2, 0) is 9.59 Å². The number of aromatic nitrogens is 1. The molecule has 0 bridgehead atoms. The van der Waals surface area contributed by atoms with Crippen molar-refractivity contribution in [1.29, 1.82) is 5.26 Å². The van der Waals surface area contributed by atoms with Gasteiger partial charge in [-0.15, -0.1) is 11.3 Å². The molecule has 2 aromatic rings. The summed E-state index contributed by atoms with van der Waals surface area (Å²) in [7, 11) is 1.51. The van der Waals surface area contributed by atoms with Gasteiger partial charge in [0, 0.05) is 18.8 Å². The summed E-state index contributed by atoms with van der Waals surface area (Å²) in [6, 6.07) is 6.99. The van der Waals surface area contributed by atoms with Crippen LogP contribution in [0.25, 0.3) is 10.2 Å². The molecule has 1 heterocycles. The number of thiazole rings is 1. The molecule has 1 atom stereocenters. The number of carbonyl (C=O) groups is 2. The molecular weight excluding hydrogens is 300 g/mol. The predicted octanol–water partition coefficient (Wildman–Crippen LogP) is 2.30. The fraction of sp³-hybridized carbons (Fsp3) is 0.333. The van der Waals surface area contributed by atoms with Crippen LogP contribution in [0.5, 0.6) is 0 Å². The van der Waals surface area contributed by atoms with Crippen LogP contribution in [0.3, 0.4) is 0 Å². The van der Waals surface area contributed by atoms with Crippen LogP contribution in [0.1, 0.15) is 18.4 Å². The second kappa shape index (κ2) is 6.54. The van der Waals surface area contributed by atoms with Gasteiger partial charge in [-0.2, -0.15) is 5.26 Å². The Morgan fingerprint density at radius 2 is 2.23 bits per heavy atom. The van der Waals surface area contributed by atoms with Gasteiger partial charge >= 0.3 is 11.8 Å². The number of hydrogen-bond acceptors (Lipinski definition) is 5. The molecule has 0 aliphatic heterocycles. The van der Waals surface area contributed by atoms with Crippen molar-refractivity contribution in [3.63, 3.8) is 0 Å². The first-order valence-electron chi connectivity index (χ1n) is 6.74. The van der Waals surface area contributed by atoms with E-state index in [1.165, 1.54) is 23.3 Å². The third-order valence-corrected chi connectivity index (χ3v) is 4.25. The number of anilines is 1. The summed E-state index contributed by atoms with van der Waals surface area (Å²) in [5, 5.41) is 12.2. The highest BCUT2D eigenvalue weighted by atomic mass is 32.1. The number of nitrogens with one attached hydrogen (secondary N) is 1. The number of hydrogen-bond donors (Lipinski definition) is 1. The standard InChI is InChI=1S/C15H16N4O2S/c1-9(6-7-16)19(3)15(21)14(20)18-11-4-5-12-13(8-11)22-10(2)17-12/h4-5,8-9H,6H2,1-3H3,(H,18,20)/t9-/m0/s1. The van der Waals surface area contributed by atoms with Crippen LogP contribution in [0, 0.1) is 18.3 Å². The average molecular weight is 316 g/mol. The molecule has 1 N–H and O–H groups in total. The molecule has 0 spiro atoms. The first kappa shape index (κ1) is 15.9. The number of nitriles is 1. The third kappa shape index (κ3) is 3.40. The van der Waals surface area contributed by atoms with Crippen molar-refractivity contribution in [3.05, 3.63) is 23.2 Å². The van der Waals surface area contributed by atoms with Crippen LogP contribution < -0.4 is 5.32 Å². The number of rotatable bonds is 3. The molecule has 7 heteroatoms. The first-order valence-corrected chi connectivity index (χ1v) is 7.56. The summed E-state index contributed by atoms with van der Waals surface area (Å²) in [5.41, 5.74) is 1.42. The highest BCUT2D eigenvalue weighted by Crippen LogP contribution is 2.24. The summed E-state index contributed by atoms with van der Waals surface area (Å²) in [4.78, 5) is 29.6. The Bertz CT molecular complexity index is 762. The topological polar surface area (TPSA) is 86.1 Å². The number of amides is 2. The van der Waals surface area contributed by atoms with E-state index in [9.17, 15) is 9.59 Å². The normalized spacial score (nSPS) is 11.7. The van der Waals surface area contributed by atoms with E-state index in [0.717, 1.165) is 15.2 Å². The zero-order valence-electron chi connectivity index (χ0n) is 12.6. The van der Waals surface area contributed by atoms with Gasteiger partial charge in [-0.05, 0) is 32.0 Å². The molecule has 0 unspecified atom stereocenters. The molecule has 0 radical (unpaired) electrons. The van der Waals surface area contributed by atoms with Gasteiger partial charge in [0.05, 0.1) is 27.7 Å². The van der Waals surface area contributed by atoms with Crippen molar-refractivity contribution in [3.8, 4) is 6.07 Å². The van der Waals surface area contributed by atoms with Gasteiger partial charge in [0.15, 0.2) is 0 Å². The van der Waals surface area contributed by atoms with Crippen molar-refractivity contribution in [2.45, 2.75) is 26.3 Å². The van der Waals surface area contributed by atoms with E-state index in [1.54, 1.807) is 25.1 Å². The Morgan fingerprint density at radius 1 is 1.50 bits per heavy atom. The second-order valence-electron chi connectivity index (χ2n) is 5.00. The minimum atomic E-state index is -0.715. The molecule has 1 aromatic heterocycles. The largest absolute Gasteiger partial charge is 0.334 e. The highest BCUT2D eigenvalue weighted by Gasteiger charge is 2.22. The van der Waals surface area contributed by atoms with E-state index < -0.39 is 11.8 Å². The molecule has 114 valence electrons. The third-order valence-electron chi connectivity index (χ3n) is 3.32. The van der Waals surface area contributed by atoms with Gasteiger partial charge < -0.3 is 10.2 Å². The lowest BCUT2D eigenvalue weighted by Crippen LogP contribution is -2.42. The molecule has 2 rings (SSSR count). The lowest BCUT2D eigenvalue weighted by atomic mass is 10.2. The van der Waals surface area contributed by atoms with Gasteiger partial charge in [-0.25, -0.2) is 4.98 Å². The van der Waals surface area contributed by atoms with Gasteiger partial charge in [-0.1, -0.05) is 0 Å². The first-order chi connectivity index (χ1) is 10.4. The molecule has 0 aliphatic carbocycles. The Balaban J connectivity index is 2.09. The molecule has 0 fully saturated rings. The average Bonchev–Trinajstić information content (AvgIpc) is 2.85. The van der Waals surface area contributed by atoms with Crippen LogP contribution in [-0.4, -0.2) is 34.8 Å². The Morgan fingerprint density at radius 3 is 2.91 bits per heavy atom. The molecule has 22 heavy (non-hydrogen) atoms. The van der Waals surface area contributed by atoms with E-state index in [-0.39, 0.29) is 12.5 Å². The molecule has 2 amide bonds. The van der Waals surface area contributed by atoms with E-state index in [4.69, 9.17) is 5.26 Å². The van der Waals surface area contributed by atoms with Crippen molar-refractivity contribution >= 4 is 39.1 Å². The van der Waals surface area contributed by atoms with Crippen molar-refractivity contribution in [2.75, 3.05) is 12.4 Å². The van der Waals surface area contributed by atoms with E-state index in [0.29, 0.717) is 5.69 Å². The maximum absolute atomic E-state index is 12.0. The minimum Gasteiger partial charge on any atom is -0.334 e. The van der Waals surface area contributed by atoms with Gasteiger partial charge in [0.1, 0.15) is 0 Å². The smallest absolute Gasteiger partial charge is 0.313 e. The Hall–Kier alpha value is -2.46. The zero-order valence-corrected chi connectivity index (χ0v) is 13.4. The zero-order chi connectivity index (χ0) is 16.3. The summed E-state index contributed by atoms with van der Waals surface area (Å²) < 4.78 is 0.953. The van der Waals surface area contributed by atoms with Crippen molar-refractivity contribution < 1.29 is 9.59 Å². The fourth-order valence-electron chi connectivity index (χ4n) is 1.93. The quantitative estimate of drug-likeness (QED) is 0.880. The molecular formula is C15H16N4O2S. The van der Waals surface area contributed by atoms with Crippen molar-refractivity contribution in [1.82, 2.24) is 9.88 Å². The monoisotopic (exact) mass is 316 g/mol. The fourth-order valence-corrected chi connectivity index (χ4v) is 2.80. The molecule has 1 aromatic carbocycles. The summed E-state index contributed by atoms with van der Waals surface area (Å²) in [6.45, 7) is 3.64.